The Labute approximate surface area is 97.1 Å². The highest BCUT2D eigenvalue weighted by molar-refractivity contribution is 4.87. The van der Waals surface area contributed by atoms with Crippen LogP contribution in [0.1, 0.15) is 32.6 Å². The van der Waals surface area contributed by atoms with Crippen LogP contribution in [0, 0.1) is 11.3 Å². The van der Waals surface area contributed by atoms with Crippen LogP contribution in [0.3, 0.4) is 0 Å². The Bertz CT molecular complexity index is 289. The Morgan fingerprint density at radius 1 is 1.56 bits per heavy atom. The minimum Gasteiger partial charge on any atom is -0.347 e. The average Bonchev–Trinajstić information content (AvgIpc) is 2.77. The number of nitriles is 1. The summed E-state index contributed by atoms with van der Waals surface area (Å²) in [5.74, 6) is -0.481. The first kappa shape index (κ1) is 11.8. The van der Waals surface area contributed by atoms with Crippen molar-refractivity contribution in [3.63, 3.8) is 0 Å². The highest BCUT2D eigenvalue weighted by atomic mass is 16.7. The number of rotatable bonds is 3. The Morgan fingerprint density at radius 3 is 3.00 bits per heavy atom. The van der Waals surface area contributed by atoms with E-state index in [-0.39, 0.29) is 6.10 Å². The van der Waals surface area contributed by atoms with Crippen molar-refractivity contribution < 1.29 is 9.47 Å². The fraction of sp³-hybridized carbons (Fsp3) is 0.917. The Hall–Kier alpha value is -0.630. The van der Waals surface area contributed by atoms with Gasteiger partial charge >= 0.3 is 0 Å². The molecule has 0 saturated carbocycles. The van der Waals surface area contributed by atoms with Gasteiger partial charge in [-0.25, -0.2) is 0 Å². The van der Waals surface area contributed by atoms with E-state index in [2.05, 4.69) is 18.0 Å². The van der Waals surface area contributed by atoms with Crippen molar-refractivity contribution in [1.29, 1.82) is 5.26 Å². The van der Waals surface area contributed by atoms with Crippen LogP contribution in [-0.4, -0.2) is 43.0 Å². The van der Waals surface area contributed by atoms with E-state index in [0.717, 1.165) is 6.42 Å². The summed E-state index contributed by atoms with van der Waals surface area (Å²) >= 11 is 0. The van der Waals surface area contributed by atoms with Gasteiger partial charge in [-0.05, 0) is 33.4 Å². The SMILES string of the molecule is CN1CCCC1CC1(C)OCC(CC#N)O1. The van der Waals surface area contributed by atoms with Crippen LogP contribution < -0.4 is 0 Å². The lowest BCUT2D eigenvalue weighted by Gasteiger charge is -2.29. The molecular formula is C12H20N2O2. The van der Waals surface area contributed by atoms with Crippen LogP contribution in [0.15, 0.2) is 0 Å². The van der Waals surface area contributed by atoms with Gasteiger partial charge in [0.15, 0.2) is 5.79 Å². The molecule has 0 aliphatic carbocycles. The van der Waals surface area contributed by atoms with Crippen LogP contribution in [0.5, 0.6) is 0 Å². The molecule has 3 atom stereocenters. The molecule has 4 heteroatoms. The van der Waals surface area contributed by atoms with Crippen LogP contribution in [0.2, 0.25) is 0 Å². The van der Waals surface area contributed by atoms with Crippen molar-refractivity contribution in [3.05, 3.63) is 0 Å². The van der Waals surface area contributed by atoms with Crippen molar-refractivity contribution >= 4 is 0 Å². The lowest BCUT2D eigenvalue weighted by molar-refractivity contribution is -0.165. The van der Waals surface area contributed by atoms with Gasteiger partial charge in [-0.2, -0.15) is 5.26 Å². The van der Waals surface area contributed by atoms with E-state index >= 15 is 0 Å². The van der Waals surface area contributed by atoms with Crippen molar-refractivity contribution in [3.8, 4) is 6.07 Å². The van der Waals surface area contributed by atoms with Crippen molar-refractivity contribution in [2.24, 2.45) is 0 Å². The molecule has 16 heavy (non-hydrogen) atoms. The zero-order valence-electron chi connectivity index (χ0n) is 10.1. The maximum atomic E-state index is 8.63. The van der Waals surface area contributed by atoms with E-state index in [9.17, 15) is 0 Å². The molecule has 0 N–H and O–H groups in total. The van der Waals surface area contributed by atoms with Gasteiger partial charge in [0.05, 0.1) is 25.2 Å². The number of hydrogen-bond donors (Lipinski definition) is 0. The molecule has 0 aromatic rings. The lowest BCUT2D eigenvalue weighted by Crippen LogP contribution is -2.37. The standard InChI is InChI=1S/C12H20N2O2/c1-12(8-10-4-3-7-14(10)2)15-9-11(16-12)5-6-13/h10-11H,3-5,7-9H2,1-2H3. The summed E-state index contributed by atoms with van der Waals surface area (Å²) in [5.41, 5.74) is 0. The molecule has 2 fully saturated rings. The first-order chi connectivity index (χ1) is 7.63. The van der Waals surface area contributed by atoms with Crippen LogP contribution in [-0.2, 0) is 9.47 Å². The van der Waals surface area contributed by atoms with Gasteiger partial charge in [0.25, 0.3) is 0 Å². The molecule has 3 unspecified atom stereocenters. The number of ether oxygens (including phenoxy) is 2. The van der Waals surface area contributed by atoms with E-state index in [4.69, 9.17) is 14.7 Å². The van der Waals surface area contributed by atoms with Crippen LogP contribution >= 0.6 is 0 Å². The van der Waals surface area contributed by atoms with Gasteiger partial charge < -0.3 is 14.4 Å². The van der Waals surface area contributed by atoms with Gasteiger partial charge in [-0.3, -0.25) is 0 Å². The third kappa shape index (κ3) is 2.54. The number of nitrogens with zero attached hydrogens (tertiary/aromatic N) is 2. The second kappa shape index (κ2) is 4.70. The van der Waals surface area contributed by atoms with Crippen LogP contribution in [0.25, 0.3) is 0 Å². The topological polar surface area (TPSA) is 45.5 Å². The van der Waals surface area contributed by atoms with Gasteiger partial charge in [0, 0.05) is 12.5 Å². The number of hydrogen-bond acceptors (Lipinski definition) is 4. The van der Waals surface area contributed by atoms with Gasteiger partial charge in [-0.1, -0.05) is 0 Å². The molecule has 0 radical (unpaired) electrons. The fourth-order valence-electron chi connectivity index (χ4n) is 2.66. The minimum atomic E-state index is -0.481. The second-order valence-corrected chi connectivity index (χ2v) is 5.03. The predicted octanol–water partition coefficient (Wildman–Crippen LogP) is 1.52. The normalized spacial score (nSPS) is 40.1. The molecule has 2 rings (SSSR count). The maximum Gasteiger partial charge on any atom is 0.167 e. The zero-order chi connectivity index (χ0) is 11.6. The van der Waals surface area contributed by atoms with Gasteiger partial charge in [-0.15, -0.1) is 0 Å². The number of likely N-dealkylation sites (tertiary alicyclic amines) is 1. The summed E-state index contributed by atoms with van der Waals surface area (Å²) in [6, 6.07) is 2.70. The third-order valence-electron chi connectivity index (χ3n) is 3.59. The van der Waals surface area contributed by atoms with E-state index in [1.807, 2.05) is 6.92 Å². The molecule has 90 valence electrons. The highest BCUT2D eigenvalue weighted by Crippen LogP contribution is 2.33. The Morgan fingerprint density at radius 2 is 2.38 bits per heavy atom. The summed E-state index contributed by atoms with van der Waals surface area (Å²) in [6.07, 6.45) is 3.78. The molecule has 0 aromatic carbocycles. The van der Waals surface area contributed by atoms with E-state index in [1.165, 1.54) is 19.4 Å². The van der Waals surface area contributed by atoms with E-state index < -0.39 is 5.79 Å². The predicted molar refractivity (Wildman–Crippen MR) is 59.7 cm³/mol. The van der Waals surface area contributed by atoms with Crippen molar-refractivity contribution in [2.75, 3.05) is 20.2 Å². The average molecular weight is 224 g/mol. The molecule has 0 bridgehead atoms. The Kier molecular flexibility index (Phi) is 3.48. The molecule has 2 aliphatic heterocycles. The maximum absolute atomic E-state index is 8.63. The smallest absolute Gasteiger partial charge is 0.167 e. The molecule has 0 amide bonds. The summed E-state index contributed by atoms with van der Waals surface area (Å²) in [5, 5.41) is 8.63. The van der Waals surface area contributed by atoms with Crippen molar-refractivity contribution in [1.82, 2.24) is 4.90 Å². The Balaban J connectivity index is 1.87. The van der Waals surface area contributed by atoms with E-state index in [1.54, 1.807) is 0 Å². The summed E-state index contributed by atoms with van der Waals surface area (Å²) in [4.78, 5) is 2.37. The largest absolute Gasteiger partial charge is 0.347 e. The molecule has 2 saturated heterocycles. The molecule has 0 aromatic heterocycles. The van der Waals surface area contributed by atoms with E-state index in [0.29, 0.717) is 19.1 Å². The quantitative estimate of drug-likeness (QED) is 0.729. The fourth-order valence-corrected chi connectivity index (χ4v) is 2.66. The third-order valence-corrected chi connectivity index (χ3v) is 3.59. The summed E-state index contributed by atoms with van der Waals surface area (Å²) in [7, 11) is 2.16. The van der Waals surface area contributed by atoms with Gasteiger partial charge in [0.2, 0.25) is 0 Å². The zero-order valence-corrected chi connectivity index (χ0v) is 10.1. The first-order valence-corrected chi connectivity index (χ1v) is 6.02. The first-order valence-electron chi connectivity index (χ1n) is 6.02. The molecule has 0 spiro atoms. The molecule has 4 nitrogen and oxygen atoms in total. The highest BCUT2D eigenvalue weighted by Gasteiger charge is 2.40. The molecule has 2 heterocycles. The summed E-state index contributed by atoms with van der Waals surface area (Å²) < 4.78 is 11.5. The molecule has 2 aliphatic rings. The van der Waals surface area contributed by atoms with Gasteiger partial charge in [0.1, 0.15) is 0 Å². The minimum absolute atomic E-state index is 0.0401. The lowest BCUT2D eigenvalue weighted by atomic mass is 10.1. The monoisotopic (exact) mass is 224 g/mol. The summed E-state index contributed by atoms with van der Waals surface area (Å²) in [6.45, 7) is 3.72. The second-order valence-electron chi connectivity index (χ2n) is 5.03. The van der Waals surface area contributed by atoms with Crippen LogP contribution in [0.4, 0.5) is 0 Å². The van der Waals surface area contributed by atoms with Crippen molar-refractivity contribution in [2.45, 2.75) is 50.5 Å². The molecular weight excluding hydrogens is 204 g/mol.